The lowest BCUT2D eigenvalue weighted by molar-refractivity contribution is -0.139. The number of aliphatic carboxylic acids is 1. The Balaban J connectivity index is 2.01. The molecule has 2 rings (SSSR count). The molecule has 0 spiro atoms. The molecular formula is C14H16N2O4. The maximum absolute atomic E-state index is 12.0. The molecule has 1 aromatic rings. The Labute approximate surface area is 116 Å². The molecule has 1 aliphatic carbocycles. The summed E-state index contributed by atoms with van der Waals surface area (Å²) in [6.45, 7) is 1.40. The van der Waals surface area contributed by atoms with Crippen molar-refractivity contribution in [3.05, 3.63) is 29.8 Å². The van der Waals surface area contributed by atoms with Crippen LogP contribution >= 0.6 is 0 Å². The molecule has 1 unspecified atom stereocenters. The molecule has 0 aliphatic heterocycles. The standard InChI is InChI=1S/C14H16N2O4/c1-8(17)15-11-6-4-10(5-7-11)13(18)16-12(14(19)20)9-2-3-9/h4-7,9,12H,2-3H2,1H3,(H,15,17)(H,16,18)(H,19,20). The first-order chi connectivity index (χ1) is 9.47. The van der Waals surface area contributed by atoms with Crippen molar-refractivity contribution in [1.29, 1.82) is 0 Å². The molecule has 1 fully saturated rings. The van der Waals surface area contributed by atoms with E-state index in [2.05, 4.69) is 10.6 Å². The molecule has 6 heteroatoms. The number of hydrogen-bond donors (Lipinski definition) is 3. The number of anilines is 1. The minimum absolute atomic E-state index is 0.0371. The lowest BCUT2D eigenvalue weighted by Gasteiger charge is -2.13. The number of carboxylic acids is 1. The van der Waals surface area contributed by atoms with Gasteiger partial charge in [-0.2, -0.15) is 0 Å². The predicted octanol–water partition coefficient (Wildman–Crippen LogP) is 1.24. The van der Waals surface area contributed by atoms with Gasteiger partial charge in [0.25, 0.3) is 5.91 Å². The molecule has 1 aromatic carbocycles. The number of carboxylic acid groups (broad SMARTS) is 1. The summed E-state index contributed by atoms with van der Waals surface area (Å²) in [5, 5.41) is 14.2. The smallest absolute Gasteiger partial charge is 0.326 e. The minimum atomic E-state index is -1.00. The number of nitrogens with one attached hydrogen (secondary N) is 2. The van der Waals surface area contributed by atoms with Gasteiger partial charge in [-0.15, -0.1) is 0 Å². The van der Waals surface area contributed by atoms with Crippen LogP contribution in [0.2, 0.25) is 0 Å². The van der Waals surface area contributed by atoms with Crippen LogP contribution in [0.4, 0.5) is 5.69 Å². The fourth-order valence-electron chi connectivity index (χ4n) is 1.94. The maximum atomic E-state index is 12.0. The van der Waals surface area contributed by atoms with Crippen LogP contribution in [0.5, 0.6) is 0 Å². The quantitative estimate of drug-likeness (QED) is 0.754. The Kier molecular flexibility index (Phi) is 4.02. The largest absolute Gasteiger partial charge is 0.480 e. The van der Waals surface area contributed by atoms with Crippen LogP contribution in [0.1, 0.15) is 30.1 Å². The van der Waals surface area contributed by atoms with Crippen molar-refractivity contribution in [2.75, 3.05) is 5.32 Å². The van der Waals surface area contributed by atoms with E-state index in [1.807, 2.05) is 0 Å². The Morgan fingerprint density at radius 3 is 2.25 bits per heavy atom. The molecule has 0 saturated heterocycles. The third-order valence-corrected chi connectivity index (χ3v) is 3.11. The van der Waals surface area contributed by atoms with Gasteiger partial charge in [0.15, 0.2) is 0 Å². The van der Waals surface area contributed by atoms with Crippen LogP contribution < -0.4 is 10.6 Å². The van der Waals surface area contributed by atoms with Gasteiger partial charge in [-0.05, 0) is 43.0 Å². The number of benzene rings is 1. The van der Waals surface area contributed by atoms with Crippen molar-refractivity contribution in [2.24, 2.45) is 5.92 Å². The highest BCUT2D eigenvalue weighted by Gasteiger charge is 2.37. The fourth-order valence-corrected chi connectivity index (χ4v) is 1.94. The normalized spacial score (nSPS) is 15.2. The SMILES string of the molecule is CC(=O)Nc1ccc(C(=O)NC(C(=O)O)C2CC2)cc1. The third kappa shape index (κ3) is 3.57. The van der Waals surface area contributed by atoms with Gasteiger partial charge < -0.3 is 15.7 Å². The third-order valence-electron chi connectivity index (χ3n) is 3.11. The summed E-state index contributed by atoms with van der Waals surface area (Å²) in [6, 6.07) is 5.48. The van der Waals surface area contributed by atoms with Crippen LogP contribution in [0.3, 0.4) is 0 Å². The van der Waals surface area contributed by atoms with Crippen molar-refractivity contribution in [2.45, 2.75) is 25.8 Å². The van der Waals surface area contributed by atoms with Gasteiger partial charge in [-0.3, -0.25) is 9.59 Å². The van der Waals surface area contributed by atoms with Gasteiger partial charge in [-0.1, -0.05) is 0 Å². The average Bonchev–Trinajstić information content (AvgIpc) is 3.19. The van der Waals surface area contributed by atoms with Crippen molar-refractivity contribution in [3.63, 3.8) is 0 Å². The number of amides is 2. The zero-order chi connectivity index (χ0) is 14.7. The second kappa shape index (κ2) is 5.73. The second-order valence-corrected chi connectivity index (χ2v) is 4.89. The zero-order valence-corrected chi connectivity index (χ0v) is 11.1. The predicted molar refractivity (Wildman–Crippen MR) is 72.4 cm³/mol. The van der Waals surface area contributed by atoms with E-state index in [0.29, 0.717) is 11.3 Å². The summed E-state index contributed by atoms with van der Waals surface area (Å²) in [4.78, 5) is 33.9. The van der Waals surface area contributed by atoms with E-state index in [-0.39, 0.29) is 11.8 Å². The van der Waals surface area contributed by atoms with E-state index in [1.165, 1.54) is 6.92 Å². The van der Waals surface area contributed by atoms with Crippen molar-refractivity contribution in [1.82, 2.24) is 5.32 Å². The molecule has 0 bridgehead atoms. The molecule has 106 valence electrons. The highest BCUT2D eigenvalue weighted by molar-refractivity contribution is 5.97. The minimum Gasteiger partial charge on any atom is -0.480 e. The van der Waals surface area contributed by atoms with Crippen LogP contribution in [0, 0.1) is 5.92 Å². The van der Waals surface area contributed by atoms with Crippen molar-refractivity contribution in [3.8, 4) is 0 Å². The van der Waals surface area contributed by atoms with Crippen molar-refractivity contribution >= 4 is 23.5 Å². The molecule has 20 heavy (non-hydrogen) atoms. The highest BCUT2D eigenvalue weighted by Crippen LogP contribution is 2.32. The Morgan fingerprint density at radius 2 is 1.80 bits per heavy atom. The monoisotopic (exact) mass is 276 g/mol. The maximum Gasteiger partial charge on any atom is 0.326 e. The molecule has 1 saturated carbocycles. The summed E-state index contributed by atoms with van der Waals surface area (Å²) in [5.41, 5.74) is 0.956. The summed E-state index contributed by atoms with van der Waals surface area (Å²) in [6.07, 6.45) is 1.66. The fraction of sp³-hybridized carbons (Fsp3) is 0.357. The molecule has 3 N–H and O–H groups in total. The lowest BCUT2D eigenvalue weighted by atomic mass is 10.1. The summed E-state index contributed by atoms with van der Waals surface area (Å²) < 4.78 is 0. The molecule has 1 aliphatic rings. The van der Waals surface area contributed by atoms with E-state index in [4.69, 9.17) is 5.11 Å². The van der Waals surface area contributed by atoms with Gasteiger partial charge in [0, 0.05) is 18.2 Å². The Morgan fingerprint density at radius 1 is 1.20 bits per heavy atom. The molecule has 6 nitrogen and oxygen atoms in total. The lowest BCUT2D eigenvalue weighted by Crippen LogP contribution is -2.42. The number of rotatable bonds is 5. The molecule has 2 amide bonds. The topological polar surface area (TPSA) is 95.5 Å². The van der Waals surface area contributed by atoms with Crippen LogP contribution in [-0.4, -0.2) is 28.9 Å². The summed E-state index contributed by atoms with van der Waals surface area (Å²) in [7, 11) is 0. The summed E-state index contributed by atoms with van der Waals surface area (Å²) in [5.74, 6) is -1.58. The number of carbonyl (C=O) groups excluding carboxylic acids is 2. The van der Waals surface area contributed by atoms with Crippen molar-refractivity contribution < 1.29 is 19.5 Å². The average molecular weight is 276 g/mol. The Bertz CT molecular complexity index is 535. The second-order valence-electron chi connectivity index (χ2n) is 4.89. The van der Waals surface area contributed by atoms with Gasteiger partial charge in [-0.25, -0.2) is 4.79 Å². The van der Waals surface area contributed by atoms with Crippen LogP contribution in [0.25, 0.3) is 0 Å². The highest BCUT2D eigenvalue weighted by atomic mass is 16.4. The number of hydrogen-bond acceptors (Lipinski definition) is 3. The van der Waals surface area contributed by atoms with Gasteiger partial charge in [0.2, 0.25) is 5.91 Å². The molecule has 0 heterocycles. The number of carbonyl (C=O) groups is 3. The van der Waals surface area contributed by atoms with Crippen LogP contribution in [-0.2, 0) is 9.59 Å². The van der Waals surface area contributed by atoms with Gasteiger partial charge >= 0.3 is 5.97 Å². The van der Waals surface area contributed by atoms with E-state index >= 15 is 0 Å². The molecule has 0 radical (unpaired) electrons. The molecule has 1 atom stereocenters. The first-order valence-electron chi connectivity index (χ1n) is 6.38. The summed E-state index contributed by atoms with van der Waals surface area (Å²) >= 11 is 0. The molecular weight excluding hydrogens is 260 g/mol. The van der Waals surface area contributed by atoms with E-state index < -0.39 is 17.9 Å². The first kappa shape index (κ1) is 14.0. The van der Waals surface area contributed by atoms with Crippen LogP contribution in [0.15, 0.2) is 24.3 Å². The van der Waals surface area contributed by atoms with Gasteiger partial charge in [0.05, 0.1) is 0 Å². The van der Waals surface area contributed by atoms with E-state index in [9.17, 15) is 14.4 Å². The molecule has 0 aromatic heterocycles. The first-order valence-corrected chi connectivity index (χ1v) is 6.38. The Hall–Kier alpha value is -2.37. The van der Waals surface area contributed by atoms with E-state index in [1.54, 1.807) is 24.3 Å². The van der Waals surface area contributed by atoms with E-state index in [0.717, 1.165) is 12.8 Å². The zero-order valence-electron chi connectivity index (χ0n) is 11.1. The van der Waals surface area contributed by atoms with Gasteiger partial charge in [0.1, 0.15) is 6.04 Å².